The van der Waals surface area contributed by atoms with Crippen LogP contribution >= 0.6 is 12.2 Å². The summed E-state index contributed by atoms with van der Waals surface area (Å²) in [7, 11) is 0. The molecule has 1 aromatic rings. The summed E-state index contributed by atoms with van der Waals surface area (Å²) >= 11 is 5.53. The van der Waals surface area contributed by atoms with Crippen LogP contribution in [0.2, 0.25) is 0 Å². The third kappa shape index (κ3) is 5.53. The second kappa shape index (κ2) is 8.98. The molecule has 1 aromatic heterocycles. The Labute approximate surface area is 163 Å². The Balaban J connectivity index is 1.64. The first-order valence-electron chi connectivity index (χ1n) is 10.2. The third-order valence-corrected chi connectivity index (χ3v) is 5.67. The Morgan fingerprint density at radius 3 is 2.38 bits per heavy atom. The fourth-order valence-electron chi connectivity index (χ4n) is 4.37. The summed E-state index contributed by atoms with van der Waals surface area (Å²) in [6.07, 6.45) is 8.95. The first kappa shape index (κ1) is 19.3. The van der Waals surface area contributed by atoms with E-state index in [9.17, 15) is 0 Å². The van der Waals surface area contributed by atoms with Crippen molar-refractivity contribution in [2.24, 2.45) is 11.8 Å². The second-order valence-electron chi connectivity index (χ2n) is 8.33. The van der Waals surface area contributed by atoms with Gasteiger partial charge >= 0.3 is 0 Å². The van der Waals surface area contributed by atoms with Gasteiger partial charge in [0.2, 0.25) is 5.95 Å². The largest absolute Gasteiger partial charge is 0.360 e. The van der Waals surface area contributed by atoms with Gasteiger partial charge in [-0.25, -0.2) is 4.98 Å². The lowest BCUT2D eigenvalue weighted by Gasteiger charge is -2.36. The number of hydrogen-bond acceptors (Lipinski definition) is 4. The topological polar surface area (TPSA) is 53.1 Å². The lowest BCUT2D eigenvalue weighted by Crippen LogP contribution is -2.40. The van der Waals surface area contributed by atoms with Gasteiger partial charge in [0.05, 0.1) is 0 Å². The van der Waals surface area contributed by atoms with Crippen molar-refractivity contribution in [1.82, 2.24) is 15.3 Å². The monoisotopic (exact) mass is 375 g/mol. The van der Waals surface area contributed by atoms with Gasteiger partial charge in [-0.05, 0) is 50.2 Å². The van der Waals surface area contributed by atoms with E-state index in [0.717, 1.165) is 24.6 Å². The zero-order valence-corrected chi connectivity index (χ0v) is 17.2. The predicted molar refractivity (Wildman–Crippen MR) is 113 cm³/mol. The first-order chi connectivity index (χ1) is 12.5. The molecule has 26 heavy (non-hydrogen) atoms. The minimum absolute atomic E-state index is 0.477. The van der Waals surface area contributed by atoms with Gasteiger partial charge in [0.15, 0.2) is 5.11 Å². The maximum atomic E-state index is 5.53. The standard InChI is InChI=1S/C20H33N5S/c1-14-10-15(2)13-25(12-14)18-11-16(3)21-19(23-18)24-20(26)22-17-8-6-4-5-7-9-17/h11,14-15,17H,4-10,12-13H2,1-3H3,(H2,21,22,23,24,26)/t14-,15+. The number of aromatic nitrogens is 2. The molecule has 2 aliphatic rings. The van der Waals surface area contributed by atoms with Gasteiger partial charge in [-0.2, -0.15) is 4.98 Å². The van der Waals surface area contributed by atoms with E-state index in [0.29, 0.717) is 28.9 Å². The highest BCUT2D eigenvalue weighted by atomic mass is 32.1. The fraction of sp³-hybridized carbons (Fsp3) is 0.750. The highest BCUT2D eigenvalue weighted by Crippen LogP contribution is 2.26. The molecule has 0 aromatic carbocycles. The molecule has 6 heteroatoms. The Morgan fingerprint density at radius 2 is 1.73 bits per heavy atom. The molecule has 0 radical (unpaired) electrons. The van der Waals surface area contributed by atoms with E-state index in [-0.39, 0.29) is 0 Å². The molecular formula is C20H33N5S. The van der Waals surface area contributed by atoms with E-state index in [1.807, 2.05) is 6.92 Å². The number of anilines is 2. The van der Waals surface area contributed by atoms with Crippen LogP contribution < -0.4 is 15.5 Å². The number of thiocarbonyl (C=S) groups is 1. The van der Waals surface area contributed by atoms with Gasteiger partial charge < -0.3 is 15.5 Å². The van der Waals surface area contributed by atoms with Crippen LogP contribution in [0.4, 0.5) is 11.8 Å². The highest BCUT2D eigenvalue weighted by Gasteiger charge is 2.23. The lowest BCUT2D eigenvalue weighted by atomic mass is 9.92. The second-order valence-corrected chi connectivity index (χ2v) is 8.74. The molecule has 2 N–H and O–H groups in total. The first-order valence-corrected chi connectivity index (χ1v) is 10.6. The predicted octanol–water partition coefficient (Wildman–Crippen LogP) is 4.28. The van der Waals surface area contributed by atoms with Crippen LogP contribution in [-0.4, -0.2) is 34.2 Å². The van der Waals surface area contributed by atoms with E-state index in [1.54, 1.807) is 0 Å². The molecule has 0 unspecified atom stereocenters. The summed E-state index contributed by atoms with van der Waals surface area (Å²) in [6, 6.07) is 2.56. The summed E-state index contributed by atoms with van der Waals surface area (Å²) < 4.78 is 0. The van der Waals surface area contributed by atoms with E-state index in [2.05, 4.69) is 40.4 Å². The van der Waals surface area contributed by atoms with Crippen molar-refractivity contribution in [1.29, 1.82) is 0 Å². The van der Waals surface area contributed by atoms with Gasteiger partial charge in [-0.15, -0.1) is 0 Å². The lowest BCUT2D eigenvalue weighted by molar-refractivity contribution is 0.355. The van der Waals surface area contributed by atoms with Crippen molar-refractivity contribution < 1.29 is 0 Å². The van der Waals surface area contributed by atoms with E-state index in [1.165, 1.54) is 44.9 Å². The van der Waals surface area contributed by atoms with Crippen molar-refractivity contribution in [3.8, 4) is 0 Å². The Hall–Kier alpha value is -1.43. The van der Waals surface area contributed by atoms with Crippen LogP contribution in [0, 0.1) is 18.8 Å². The van der Waals surface area contributed by atoms with Gasteiger partial charge in [-0.3, -0.25) is 0 Å². The molecule has 2 fully saturated rings. The number of nitrogens with zero attached hydrogens (tertiary/aromatic N) is 3. The molecule has 1 aliphatic carbocycles. The molecule has 1 saturated carbocycles. The minimum atomic E-state index is 0.477. The maximum Gasteiger partial charge on any atom is 0.231 e. The SMILES string of the molecule is Cc1cc(N2C[C@H](C)C[C@H](C)C2)nc(NC(=S)NC2CCCCCC2)n1. The quantitative estimate of drug-likeness (QED) is 0.608. The van der Waals surface area contributed by atoms with Crippen LogP contribution in [0.5, 0.6) is 0 Å². The van der Waals surface area contributed by atoms with Crippen LogP contribution in [-0.2, 0) is 0 Å². The number of aryl methyl sites for hydroxylation is 1. The molecule has 144 valence electrons. The number of hydrogen-bond donors (Lipinski definition) is 2. The molecule has 1 saturated heterocycles. The summed E-state index contributed by atoms with van der Waals surface area (Å²) in [5.41, 5.74) is 0.973. The molecule has 5 nitrogen and oxygen atoms in total. The molecule has 0 bridgehead atoms. The molecule has 2 atom stereocenters. The van der Waals surface area contributed by atoms with Gasteiger partial charge in [0.1, 0.15) is 5.82 Å². The van der Waals surface area contributed by atoms with Crippen LogP contribution in [0.15, 0.2) is 6.07 Å². The van der Waals surface area contributed by atoms with E-state index < -0.39 is 0 Å². The molecule has 0 spiro atoms. The molecule has 1 aliphatic heterocycles. The summed E-state index contributed by atoms with van der Waals surface area (Å²) in [6.45, 7) is 8.79. The Bertz CT molecular complexity index is 602. The molecule has 0 amide bonds. The molecule has 2 heterocycles. The van der Waals surface area contributed by atoms with Crippen molar-refractivity contribution in [2.75, 3.05) is 23.3 Å². The van der Waals surface area contributed by atoms with Gasteiger partial charge in [0, 0.05) is 30.9 Å². The number of rotatable bonds is 3. The Kier molecular flexibility index (Phi) is 6.68. The minimum Gasteiger partial charge on any atom is -0.360 e. The van der Waals surface area contributed by atoms with Crippen LogP contribution in [0.3, 0.4) is 0 Å². The van der Waals surface area contributed by atoms with Gasteiger partial charge in [-0.1, -0.05) is 39.5 Å². The van der Waals surface area contributed by atoms with Crippen molar-refractivity contribution in [2.45, 2.75) is 71.8 Å². The van der Waals surface area contributed by atoms with Crippen LogP contribution in [0.1, 0.15) is 64.5 Å². The average molecular weight is 376 g/mol. The van der Waals surface area contributed by atoms with Crippen molar-refractivity contribution >= 4 is 29.1 Å². The smallest absolute Gasteiger partial charge is 0.231 e. The Morgan fingerprint density at radius 1 is 1.08 bits per heavy atom. The van der Waals surface area contributed by atoms with E-state index >= 15 is 0 Å². The van der Waals surface area contributed by atoms with Crippen molar-refractivity contribution in [3.63, 3.8) is 0 Å². The third-order valence-electron chi connectivity index (χ3n) is 5.45. The van der Waals surface area contributed by atoms with Crippen LogP contribution in [0.25, 0.3) is 0 Å². The number of nitrogens with one attached hydrogen (secondary N) is 2. The zero-order chi connectivity index (χ0) is 18.5. The maximum absolute atomic E-state index is 5.53. The van der Waals surface area contributed by atoms with Gasteiger partial charge in [0.25, 0.3) is 0 Å². The summed E-state index contributed by atoms with van der Waals surface area (Å²) in [5, 5.41) is 7.34. The summed E-state index contributed by atoms with van der Waals surface area (Å²) in [5.74, 6) is 3.01. The fourth-order valence-corrected chi connectivity index (χ4v) is 4.62. The average Bonchev–Trinajstić information content (AvgIpc) is 2.82. The molecule has 3 rings (SSSR count). The summed E-state index contributed by atoms with van der Waals surface area (Å²) in [4.78, 5) is 11.7. The zero-order valence-electron chi connectivity index (χ0n) is 16.4. The normalized spacial score (nSPS) is 24.8. The molecular weight excluding hydrogens is 342 g/mol. The number of piperidine rings is 1. The van der Waals surface area contributed by atoms with Crippen molar-refractivity contribution in [3.05, 3.63) is 11.8 Å². The van der Waals surface area contributed by atoms with E-state index in [4.69, 9.17) is 17.2 Å². The highest BCUT2D eigenvalue weighted by molar-refractivity contribution is 7.80.